The Morgan fingerprint density at radius 3 is 2.88 bits per heavy atom. The van der Waals surface area contributed by atoms with Gasteiger partial charge in [-0.3, -0.25) is 0 Å². The van der Waals surface area contributed by atoms with E-state index in [1.807, 2.05) is 12.1 Å². The van der Waals surface area contributed by atoms with Gasteiger partial charge in [0.2, 0.25) is 0 Å². The molecule has 0 unspecified atom stereocenters. The third kappa shape index (κ3) is 3.26. The number of allylic oxidation sites excluding steroid dienone is 1. The van der Waals surface area contributed by atoms with Gasteiger partial charge >= 0.3 is 0 Å². The normalized spacial score (nSPS) is 15.5. The molecular formula is C15H22N2. The van der Waals surface area contributed by atoms with Gasteiger partial charge in [0.1, 0.15) is 0 Å². The van der Waals surface area contributed by atoms with Crippen LogP contribution in [-0.4, -0.2) is 6.54 Å². The number of benzene rings is 1. The summed E-state index contributed by atoms with van der Waals surface area (Å²) in [6, 6.07) is 6.05. The standard InChI is InChI=1S/C15H22N2/c1-12-6-5-9-14(16)15(12)17-11-10-13-7-3-2-4-8-13/h5-7,9,17H,2-4,8,10-11,16H2,1H3. The smallest absolute Gasteiger partial charge is 0.0603 e. The second kappa shape index (κ2) is 5.76. The molecule has 0 aromatic heterocycles. The molecule has 0 heterocycles. The fourth-order valence-electron chi connectivity index (χ4n) is 2.41. The number of nitrogens with two attached hydrogens (primary N) is 1. The lowest BCUT2D eigenvalue weighted by atomic mass is 9.97. The topological polar surface area (TPSA) is 38.0 Å². The van der Waals surface area contributed by atoms with Crippen LogP contribution in [0.2, 0.25) is 0 Å². The minimum atomic E-state index is 0.850. The van der Waals surface area contributed by atoms with Crippen molar-refractivity contribution < 1.29 is 0 Å². The van der Waals surface area contributed by atoms with Gasteiger partial charge in [-0.25, -0.2) is 0 Å². The molecule has 0 spiro atoms. The van der Waals surface area contributed by atoms with E-state index in [2.05, 4.69) is 24.4 Å². The fourth-order valence-corrected chi connectivity index (χ4v) is 2.41. The van der Waals surface area contributed by atoms with Gasteiger partial charge in [-0.05, 0) is 50.7 Å². The van der Waals surface area contributed by atoms with E-state index >= 15 is 0 Å². The van der Waals surface area contributed by atoms with Gasteiger partial charge in [0.15, 0.2) is 0 Å². The number of hydrogen-bond donors (Lipinski definition) is 2. The lowest BCUT2D eigenvalue weighted by Crippen LogP contribution is -2.07. The third-order valence-electron chi connectivity index (χ3n) is 3.44. The Balaban J connectivity index is 1.87. The minimum Gasteiger partial charge on any atom is -0.397 e. The van der Waals surface area contributed by atoms with Crippen molar-refractivity contribution in [2.75, 3.05) is 17.6 Å². The minimum absolute atomic E-state index is 0.850. The Morgan fingerprint density at radius 1 is 1.29 bits per heavy atom. The van der Waals surface area contributed by atoms with Gasteiger partial charge in [-0.2, -0.15) is 0 Å². The summed E-state index contributed by atoms with van der Waals surface area (Å²) in [5.74, 6) is 0. The van der Waals surface area contributed by atoms with Crippen LogP contribution in [0.15, 0.2) is 29.8 Å². The molecule has 1 aromatic carbocycles. The van der Waals surface area contributed by atoms with E-state index in [-0.39, 0.29) is 0 Å². The highest BCUT2D eigenvalue weighted by Crippen LogP contribution is 2.24. The van der Waals surface area contributed by atoms with E-state index in [0.29, 0.717) is 0 Å². The Morgan fingerprint density at radius 2 is 2.18 bits per heavy atom. The Hall–Kier alpha value is -1.44. The van der Waals surface area contributed by atoms with Crippen molar-refractivity contribution in [3.05, 3.63) is 35.4 Å². The van der Waals surface area contributed by atoms with E-state index in [9.17, 15) is 0 Å². The molecule has 0 atom stereocenters. The van der Waals surface area contributed by atoms with Crippen molar-refractivity contribution in [3.63, 3.8) is 0 Å². The van der Waals surface area contributed by atoms with Gasteiger partial charge in [0.05, 0.1) is 11.4 Å². The number of rotatable bonds is 4. The number of anilines is 2. The first kappa shape index (κ1) is 12.0. The van der Waals surface area contributed by atoms with Crippen LogP contribution in [0.25, 0.3) is 0 Å². The molecule has 0 bridgehead atoms. The third-order valence-corrected chi connectivity index (χ3v) is 3.44. The summed E-state index contributed by atoms with van der Waals surface area (Å²) in [4.78, 5) is 0. The van der Waals surface area contributed by atoms with Crippen molar-refractivity contribution in [3.8, 4) is 0 Å². The van der Waals surface area contributed by atoms with Gasteiger partial charge in [-0.15, -0.1) is 0 Å². The van der Waals surface area contributed by atoms with Crippen LogP contribution in [0, 0.1) is 6.92 Å². The van der Waals surface area contributed by atoms with Crippen LogP contribution in [0.4, 0.5) is 11.4 Å². The maximum Gasteiger partial charge on any atom is 0.0603 e. The average Bonchev–Trinajstić information content (AvgIpc) is 2.34. The monoisotopic (exact) mass is 230 g/mol. The van der Waals surface area contributed by atoms with E-state index in [1.165, 1.54) is 31.2 Å². The van der Waals surface area contributed by atoms with Crippen LogP contribution in [-0.2, 0) is 0 Å². The van der Waals surface area contributed by atoms with Crippen LogP contribution >= 0.6 is 0 Å². The molecule has 2 heteroatoms. The molecule has 0 aliphatic heterocycles. The maximum atomic E-state index is 5.96. The summed E-state index contributed by atoms with van der Waals surface area (Å²) in [6.45, 7) is 3.08. The van der Waals surface area contributed by atoms with Gasteiger partial charge in [0, 0.05) is 6.54 Å². The zero-order valence-electron chi connectivity index (χ0n) is 10.6. The van der Waals surface area contributed by atoms with Crippen molar-refractivity contribution in [1.29, 1.82) is 0 Å². The zero-order chi connectivity index (χ0) is 12.1. The van der Waals surface area contributed by atoms with Crippen LogP contribution < -0.4 is 11.1 Å². The maximum absolute atomic E-state index is 5.96. The SMILES string of the molecule is Cc1cccc(N)c1NCCC1=CCCCC1. The average molecular weight is 230 g/mol. The molecule has 1 aliphatic rings. The van der Waals surface area contributed by atoms with Crippen molar-refractivity contribution in [1.82, 2.24) is 0 Å². The quantitative estimate of drug-likeness (QED) is 0.608. The zero-order valence-corrected chi connectivity index (χ0v) is 10.6. The van der Waals surface area contributed by atoms with Gasteiger partial charge < -0.3 is 11.1 Å². The second-order valence-corrected chi connectivity index (χ2v) is 4.82. The van der Waals surface area contributed by atoms with Gasteiger partial charge in [0.25, 0.3) is 0 Å². The van der Waals surface area contributed by atoms with Crippen molar-refractivity contribution >= 4 is 11.4 Å². The Labute approximate surface area is 104 Å². The summed E-state index contributed by atoms with van der Waals surface area (Å²) >= 11 is 0. The van der Waals surface area contributed by atoms with E-state index < -0.39 is 0 Å². The number of aryl methyl sites for hydroxylation is 1. The molecule has 92 valence electrons. The summed E-state index contributed by atoms with van der Waals surface area (Å²) in [5.41, 5.74) is 10.7. The molecule has 3 N–H and O–H groups in total. The van der Waals surface area contributed by atoms with Crippen molar-refractivity contribution in [2.45, 2.75) is 39.0 Å². The number of para-hydroxylation sites is 1. The lowest BCUT2D eigenvalue weighted by molar-refractivity contribution is 0.679. The first-order valence-corrected chi connectivity index (χ1v) is 6.54. The van der Waals surface area contributed by atoms with E-state index in [1.54, 1.807) is 5.57 Å². The molecule has 17 heavy (non-hydrogen) atoms. The molecule has 2 rings (SSSR count). The summed E-state index contributed by atoms with van der Waals surface area (Å²) in [6.07, 6.45) is 8.83. The van der Waals surface area contributed by atoms with Gasteiger partial charge in [-0.1, -0.05) is 23.8 Å². The molecule has 0 radical (unpaired) electrons. The number of hydrogen-bond acceptors (Lipinski definition) is 2. The first-order chi connectivity index (χ1) is 8.27. The molecule has 1 aromatic rings. The fraction of sp³-hybridized carbons (Fsp3) is 0.467. The summed E-state index contributed by atoms with van der Waals surface area (Å²) in [5, 5.41) is 3.46. The van der Waals surface area contributed by atoms with Crippen LogP contribution in [0.1, 0.15) is 37.7 Å². The summed E-state index contributed by atoms with van der Waals surface area (Å²) < 4.78 is 0. The molecule has 0 fully saturated rings. The van der Waals surface area contributed by atoms with E-state index in [4.69, 9.17) is 5.73 Å². The predicted molar refractivity (Wildman–Crippen MR) is 75.2 cm³/mol. The molecule has 0 amide bonds. The van der Waals surface area contributed by atoms with Crippen LogP contribution in [0.5, 0.6) is 0 Å². The molecular weight excluding hydrogens is 208 g/mol. The van der Waals surface area contributed by atoms with E-state index in [0.717, 1.165) is 24.3 Å². The highest BCUT2D eigenvalue weighted by Gasteiger charge is 2.05. The second-order valence-electron chi connectivity index (χ2n) is 4.82. The molecule has 2 nitrogen and oxygen atoms in total. The lowest BCUT2D eigenvalue weighted by Gasteiger charge is -2.15. The Kier molecular flexibility index (Phi) is 4.08. The van der Waals surface area contributed by atoms with Crippen molar-refractivity contribution in [2.24, 2.45) is 0 Å². The highest BCUT2D eigenvalue weighted by atomic mass is 14.9. The predicted octanol–water partition coefficient (Wildman–Crippen LogP) is 3.88. The number of nitrogen functional groups attached to an aromatic ring is 1. The summed E-state index contributed by atoms with van der Waals surface area (Å²) in [7, 11) is 0. The highest BCUT2D eigenvalue weighted by molar-refractivity contribution is 5.69. The molecule has 0 saturated heterocycles. The largest absolute Gasteiger partial charge is 0.397 e. The van der Waals surface area contributed by atoms with Crippen LogP contribution in [0.3, 0.4) is 0 Å². The molecule has 0 saturated carbocycles. The molecule has 1 aliphatic carbocycles. The number of nitrogens with one attached hydrogen (secondary N) is 1. The Bertz CT molecular complexity index is 387. The first-order valence-electron chi connectivity index (χ1n) is 6.54.